The summed E-state index contributed by atoms with van der Waals surface area (Å²) >= 11 is 1.87. The van der Waals surface area contributed by atoms with Gasteiger partial charge in [0, 0.05) is 30.0 Å². The second-order valence-electron chi connectivity index (χ2n) is 7.48. The molecule has 2 atom stereocenters. The van der Waals surface area contributed by atoms with Gasteiger partial charge in [-0.05, 0) is 46.0 Å². The molecule has 4 heteroatoms. The van der Waals surface area contributed by atoms with Gasteiger partial charge in [-0.15, -0.1) is 11.3 Å². The highest BCUT2D eigenvalue weighted by molar-refractivity contribution is 7.11. The molecular weight excluding hydrogens is 280 g/mol. The molecule has 0 radical (unpaired) electrons. The maximum atomic E-state index is 5.66. The Labute approximate surface area is 133 Å². The van der Waals surface area contributed by atoms with Crippen molar-refractivity contribution in [3.8, 4) is 0 Å². The van der Waals surface area contributed by atoms with Crippen LogP contribution in [0.15, 0.2) is 0 Å². The van der Waals surface area contributed by atoms with Crippen molar-refractivity contribution in [1.29, 1.82) is 0 Å². The highest BCUT2D eigenvalue weighted by Crippen LogP contribution is 2.38. The third-order valence-electron chi connectivity index (χ3n) is 4.07. The van der Waals surface area contributed by atoms with E-state index in [0.717, 1.165) is 6.54 Å². The molecule has 0 spiro atoms. The monoisotopic (exact) mass is 310 g/mol. The standard InChI is InChI=1S/C17H30N2OS/c1-11(2)15(20-6)16-19-14-12(10-18-17(3,4)5)8-7-9-13(14)21-16/h11-12,15,18H,7-10H2,1-6H3. The summed E-state index contributed by atoms with van der Waals surface area (Å²) in [6.07, 6.45) is 3.85. The molecule has 0 fully saturated rings. The Bertz CT molecular complexity index is 462. The smallest absolute Gasteiger partial charge is 0.122 e. The van der Waals surface area contributed by atoms with Crippen LogP contribution >= 0.6 is 11.3 Å². The van der Waals surface area contributed by atoms with Gasteiger partial charge < -0.3 is 10.1 Å². The van der Waals surface area contributed by atoms with Crippen LogP contribution in [0, 0.1) is 5.92 Å². The predicted octanol–water partition coefficient (Wildman–Crippen LogP) is 4.29. The Hall–Kier alpha value is -0.450. The zero-order valence-electron chi connectivity index (χ0n) is 14.3. The Morgan fingerprint density at radius 3 is 2.67 bits per heavy atom. The molecule has 0 aliphatic heterocycles. The molecule has 1 aliphatic carbocycles. The van der Waals surface area contributed by atoms with Crippen molar-refractivity contribution in [2.75, 3.05) is 13.7 Å². The lowest BCUT2D eigenvalue weighted by molar-refractivity contribution is 0.0642. The van der Waals surface area contributed by atoms with Gasteiger partial charge in [0.2, 0.25) is 0 Å². The van der Waals surface area contributed by atoms with Gasteiger partial charge in [-0.3, -0.25) is 0 Å². The van der Waals surface area contributed by atoms with Crippen LogP contribution < -0.4 is 5.32 Å². The largest absolute Gasteiger partial charge is 0.374 e. The Morgan fingerprint density at radius 2 is 2.10 bits per heavy atom. The van der Waals surface area contributed by atoms with Crippen LogP contribution in [-0.4, -0.2) is 24.2 Å². The molecule has 120 valence electrons. The highest BCUT2D eigenvalue weighted by Gasteiger charge is 2.28. The molecule has 1 N–H and O–H groups in total. The third kappa shape index (κ3) is 4.27. The zero-order chi connectivity index (χ0) is 15.6. The van der Waals surface area contributed by atoms with Crippen LogP contribution in [-0.2, 0) is 11.2 Å². The first kappa shape index (κ1) is 16.9. The van der Waals surface area contributed by atoms with Gasteiger partial charge >= 0.3 is 0 Å². The molecule has 21 heavy (non-hydrogen) atoms. The van der Waals surface area contributed by atoms with Gasteiger partial charge in [-0.1, -0.05) is 13.8 Å². The van der Waals surface area contributed by atoms with Gasteiger partial charge in [-0.2, -0.15) is 0 Å². The van der Waals surface area contributed by atoms with E-state index in [9.17, 15) is 0 Å². The summed E-state index contributed by atoms with van der Waals surface area (Å²) in [5, 5.41) is 4.81. The van der Waals surface area contributed by atoms with E-state index < -0.39 is 0 Å². The summed E-state index contributed by atoms with van der Waals surface area (Å²) in [4.78, 5) is 6.46. The van der Waals surface area contributed by atoms with E-state index in [1.807, 2.05) is 11.3 Å². The molecule has 0 amide bonds. The lowest BCUT2D eigenvalue weighted by Crippen LogP contribution is -2.39. The van der Waals surface area contributed by atoms with Crippen LogP contribution in [0.1, 0.15) is 75.1 Å². The number of fused-ring (bicyclic) bond motifs is 1. The molecule has 1 aromatic heterocycles. The number of thiazole rings is 1. The maximum absolute atomic E-state index is 5.66. The average Bonchev–Trinajstić information content (AvgIpc) is 2.79. The van der Waals surface area contributed by atoms with Gasteiger partial charge in [0.1, 0.15) is 11.1 Å². The molecule has 2 rings (SSSR count). The van der Waals surface area contributed by atoms with Gasteiger partial charge in [0.05, 0.1) is 5.69 Å². The number of nitrogens with one attached hydrogen (secondary N) is 1. The zero-order valence-corrected chi connectivity index (χ0v) is 15.1. The molecule has 0 aromatic carbocycles. The summed E-state index contributed by atoms with van der Waals surface area (Å²) in [6.45, 7) is 12.1. The quantitative estimate of drug-likeness (QED) is 0.880. The predicted molar refractivity (Wildman–Crippen MR) is 90.1 cm³/mol. The fourth-order valence-electron chi connectivity index (χ4n) is 2.93. The van der Waals surface area contributed by atoms with Crippen molar-refractivity contribution in [3.05, 3.63) is 15.6 Å². The van der Waals surface area contributed by atoms with Crippen molar-refractivity contribution < 1.29 is 4.74 Å². The minimum Gasteiger partial charge on any atom is -0.374 e. The van der Waals surface area contributed by atoms with E-state index >= 15 is 0 Å². The van der Waals surface area contributed by atoms with Crippen molar-refractivity contribution in [1.82, 2.24) is 10.3 Å². The van der Waals surface area contributed by atoms with Crippen molar-refractivity contribution in [2.24, 2.45) is 5.92 Å². The summed E-state index contributed by atoms with van der Waals surface area (Å²) in [6, 6.07) is 0. The minimum atomic E-state index is 0.136. The molecule has 1 aliphatic rings. The van der Waals surface area contributed by atoms with Crippen molar-refractivity contribution >= 4 is 11.3 Å². The molecule has 1 heterocycles. The van der Waals surface area contributed by atoms with Crippen molar-refractivity contribution in [3.63, 3.8) is 0 Å². The number of aryl methyl sites for hydroxylation is 1. The number of aromatic nitrogens is 1. The number of hydrogen-bond acceptors (Lipinski definition) is 4. The lowest BCUT2D eigenvalue weighted by atomic mass is 9.90. The second kappa shape index (κ2) is 6.76. The van der Waals surface area contributed by atoms with Crippen molar-refractivity contribution in [2.45, 2.75) is 71.4 Å². The number of rotatable bonds is 5. The molecule has 3 nitrogen and oxygen atoms in total. The van der Waals surface area contributed by atoms with E-state index in [0.29, 0.717) is 11.8 Å². The van der Waals surface area contributed by atoms with E-state index in [-0.39, 0.29) is 11.6 Å². The Kier molecular flexibility index (Phi) is 5.44. The maximum Gasteiger partial charge on any atom is 0.122 e. The number of nitrogens with zero attached hydrogens (tertiary/aromatic N) is 1. The first-order valence-corrected chi connectivity index (χ1v) is 8.90. The van der Waals surface area contributed by atoms with E-state index in [2.05, 4.69) is 39.9 Å². The molecule has 2 unspecified atom stereocenters. The van der Waals surface area contributed by atoms with E-state index in [1.165, 1.54) is 34.8 Å². The van der Waals surface area contributed by atoms with Gasteiger partial charge in [-0.25, -0.2) is 4.98 Å². The number of methoxy groups -OCH3 is 1. The van der Waals surface area contributed by atoms with Gasteiger partial charge in [0.25, 0.3) is 0 Å². The summed E-state index contributed by atoms with van der Waals surface area (Å²) in [5.74, 6) is 1.02. The summed E-state index contributed by atoms with van der Waals surface area (Å²) < 4.78 is 5.66. The van der Waals surface area contributed by atoms with Crippen LogP contribution in [0.5, 0.6) is 0 Å². The number of hydrogen-bond donors (Lipinski definition) is 1. The van der Waals surface area contributed by atoms with Crippen LogP contribution in [0.25, 0.3) is 0 Å². The fraction of sp³-hybridized carbons (Fsp3) is 0.824. The Balaban J connectivity index is 2.17. The second-order valence-corrected chi connectivity index (χ2v) is 8.60. The first-order valence-electron chi connectivity index (χ1n) is 8.09. The third-order valence-corrected chi connectivity index (χ3v) is 5.26. The highest BCUT2D eigenvalue weighted by atomic mass is 32.1. The summed E-state index contributed by atoms with van der Waals surface area (Å²) in [5.41, 5.74) is 1.50. The number of ether oxygens (including phenoxy) is 1. The normalized spacial score (nSPS) is 20.6. The summed E-state index contributed by atoms with van der Waals surface area (Å²) in [7, 11) is 1.80. The molecule has 0 bridgehead atoms. The van der Waals surface area contributed by atoms with Crippen LogP contribution in [0.4, 0.5) is 0 Å². The average molecular weight is 311 g/mol. The molecular formula is C17H30N2OS. The molecule has 0 saturated carbocycles. The minimum absolute atomic E-state index is 0.136. The molecule has 1 aromatic rings. The van der Waals surface area contributed by atoms with E-state index in [1.54, 1.807) is 7.11 Å². The van der Waals surface area contributed by atoms with Crippen LogP contribution in [0.3, 0.4) is 0 Å². The topological polar surface area (TPSA) is 34.1 Å². The fourth-order valence-corrected chi connectivity index (χ4v) is 4.38. The first-order chi connectivity index (χ1) is 9.81. The van der Waals surface area contributed by atoms with Gasteiger partial charge in [0.15, 0.2) is 0 Å². The molecule has 0 saturated heterocycles. The van der Waals surface area contributed by atoms with E-state index in [4.69, 9.17) is 9.72 Å². The Morgan fingerprint density at radius 1 is 1.38 bits per heavy atom. The SMILES string of the molecule is COC(c1nc2c(s1)CCCC2CNC(C)(C)C)C(C)C. The van der Waals surface area contributed by atoms with Crippen LogP contribution in [0.2, 0.25) is 0 Å². The lowest BCUT2D eigenvalue weighted by Gasteiger charge is -2.27.